The third-order valence-electron chi connectivity index (χ3n) is 4.55. The summed E-state index contributed by atoms with van der Waals surface area (Å²) in [5.74, 6) is -0.0747. The Labute approximate surface area is 127 Å². The average molecular weight is 296 g/mol. The van der Waals surface area contributed by atoms with Gasteiger partial charge in [0.2, 0.25) is 0 Å². The van der Waals surface area contributed by atoms with Gasteiger partial charge < -0.3 is 20.8 Å². The number of carbonyl (C=O) groups excluding carboxylic acids is 1. The number of benzene rings is 2. The summed E-state index contributed by atoms with van der Waals surface area (Å²) >= 11 is 0. The minimum Gasteiger partial charge on any atom is -0.508 e. The molecule has 0 radical (unpaired) electrons. The summed E-state index contributed by atoms with van der Waals surface area (Å²) in [5, 5.41) is 25.8. The molecule has 0 saturated heterocycles. The smallest absolute Gasteiger partial charge is 0.252 e. The van der Waals surface area contributed by atoms with Crippen LogP contribution < -0.4 is 10.6 Å². The average Bonchev–Trinajstić information content (AvgIpc) is 3.04. The van der Waals surface area contributed by atoms with Gasteiger partial charge in [0.15, 0.2) is 0 Å². The lowest BCUT2D eigenvalue weighted by Gasteiger charge is -2.25. The number of aromatic hydroxyl groups is 1. The minimum absolute atomic E-state index is 0.0279. The highest BCUT2D eigenvalue weighted by Gasteiger charge is 2.42. The van der Waals surface area contributed by atoms with Gasteiger partial charge >= 0.3 is 0 Å². The standard InChI is InChI=1S/C17H16N2O3/c20-8-14-15(11-3-1-2-4-13(11)18-14)16-12-7-9(21)5-6-10(12)17(22)19-16/h1-7,14-16,18,20-21H,8H2,(H,19,22). The second-order valence-electron chi connectivity index (χ2n) is 5.77. The predicted octanol–water partition coefficient (Wildman–Crippen LogP) is 1.75. The van der Waals surface area contributed by atoms with Crippen molar-refractivity contribution in [2.24, 2.45) is 0 Å². The SMILES string of the molecule is O=C1NC(C2c3ccccc3NC2CO)c2cc(O)ccc21. The molecule has 112 valence electrons. The van der Waals surface area contributed by atoms with E-state index in [1.165, 1.54) is 6.07 Å². The van der Waals surface area contributed by atoms with Crippen LogP contribution in [0.15, 0.2) is 42.5 Å². The van der Waals surface area contributed by atoms with Crippen molar-refractivity contribution in [3.8, 4) is 5.75 Å². The number of aliphatic hydroxyl groups excluding tert-OH is 1. The summed E-state index contributed by atoms with van der Waals surface area (Å²) in [7, 11) is 0. The van der Waals surface area contributed by atoms with Crippen LogP contribution in [0.1, 0.15) is 33.4 Å². The van der Waals surface area contributed by atoms with Crippen molar-refractivity contribution in [3.05, 3.63) is 59.2 Å². The van der Waals surface area contributed by atoms with E-state index in [0.29, 0.717) is 5.56 Å². The summed E-state index contributed by atoms with van der Waals surface area (Å²) in [6, 6.07) is 12.2. The largest absolute Gasteiger partial charge is 0.508 e. The zero-order chi connectivity index (χ0) is 15.3. The van der Waals surface area contributed by atoms with E-state index in [4.69, 9.17) is 0 Å². The first-order valence-electron chi connectivity index (χ1n) is 7.29. The Kier molecular flexibility index (Phi) is 2.84. The van der Waals surface area contributed by atoms with Crippen LogP contribution in [0.25, 0.3) is 0 Å². The van der Waals surface area contributed by atoms with E-state index in [1.807, 2.05) is 24.3 Å². The Morgan fingerprint density at radius 2 is 1.86 bits per heavy atom. The van der Waals surface area contributed by atoms with E-state index in [0.717, 1.165) is 16.8 Å². The van der Waals surface area contributed by atoms with Gasteiger partial charge in [-0.05, 0) is 35.4 Å². The van der Waals surface area contributed by atoms with Crippen LogP contribution in [0.2, 0.25) is 0 Å². The van der Waals surface area contributed by atoms with Crippen LogP contribution in [0, 0.1) is 0 Å². The maximum Gasteiger partial charge on any atom is 0.252 e. The van der Waals surface area contributed by atoms with E-state index in [-0.39, 0.29) is 36.3 Å². The number of phenols is 1. The topological polar surface area (TPSA) is 81.6 Å². The lowest BCUT2D eigenvalue weighted by atomic mass is 9.84. The lowest BCUT2D eigenvalue weighted by molar-refractivity contribution is 0.0949. The number of amides is 1. The number of anilines is 1. The molecule has 2 aromatic carbocycles. The van der Waals surface area contributed by atoms with Crippen molar-refractivity contribution in [1.82, 2.24) is 5.32 Å². The summed E-state index contributed by atoms with van der Waals surface area (Å²) in [6.45, 7) is -0.0279. The second kappa shape index (κ2) is 4.74. The zero-order valence-corrected chi connectivity index (χ0v) is 11.8. The number of para-hydroxylation sites is 1. The molecule has 2 aliphatic heterocycles. The maximum atomic E-state index is 12.2. The van der Waals surface area contributed by atoms with E-state index in [2.05, 4.69) is 10.6 Å². The zero-order valence-electron chi connectivity index (χ0n) is 11.8. The van der Waals surface area contributed by atoms with Crippen molar-refractivity contribution in [3.63, 3.8) is 0 Å². The first-order chi connectivity index (χ1) is 10.7. The van der Waals surface area contributed by atoms with E-state index >= 15 is 0 Å². The molecule has 2 aromatic rings. The predicted molar refractivity (Wildman–Crippen MR) is 82.0 cm³/mol. The fourth-order valence-electron chi connectivity index (χ4n) is 3.59. The van der Waals surface area contributed by atoms with Crippen LogP contribution in [-0.4, -0.2) is 28.8 Å². The van der Waals surface area contributed by atoms with Gasteiger partial charge in [-0.2, -0.15) is 0 Å². The first kappa shape index (κ1) is 13.2. The van der Waals surface area contributed by atoms with Gasteiger partial charge in [-0.1, -0.05) is 18.2 Å². The van der Waals surface area contributed by atoms with Gasteiger partial charge in [0.1, 0.15) is 5.75 Å². The fourth-order valence-corrected chi connectivity index (χ4v) is 3.59. The summed E-state index contributed by atoms with van der Waals surface area (Å²) in [5.41, 5.74) is 3.42. The van der Waals surface area contributed by atoms with Gasteiger partial charge in [-0.15, -0.1) is 0 Å². The van der Waals surface area contributed by atoms with E-state index in [9.17, 15) is 15.0 Å². The van der Waals surface area contributed by atoms with Crippen LogP contribution in [-0.2, 0) is 0 Å². The molecule has 0 saturated carbocycles. The quantitative estimate of drug-likeness (QED) is 0.680. The summed E-state index contributed by atoms with van der Waals surface area (Å²) in [4.78, 5) is 12.2. The molecule has 0 spiro atoms. The van der Waals surface area contributed by atoms with Crippen LogP contribution in [0.3, 0.4) is 0 Å². The molecule has 5 heteroatoms. The van der Waals surface area contributed by atoms with E-state index < -0.39 is 0 Å². The molecule has 0 fully saturated rings. The molecule has 1 amide bonds. The molecular weight excluding hydrogens is 280 g/mol. The number of hydrogen-bond acceptors (Lipinski definition) is 4. The molecule has 3 unspecified atom stereocenters. The highest BCUT2D eigenvalue weighted by molar-refractivity contribution is 5.99. The molecule has 4 rings (SSSR count). The molecule has 3 atom stereocenters. The maximum absolute atomic E-state index is 12.2. The lowest BCUT2D eigenvalue weighted by Crippen LogP contribution is -2.34. The molecule has 0 aromatic heterocycles. The van der Waals surface area contributed by atoms with Gasteiger partial charge in [-0.3, -0.25) is 4.79 Å². The Hall–Kier alpha value is -2.53. The van der Waals surface area contributed by atoms with Crippen molar-refractivity contribution in [2.75, 3.05) is 11.9 Å². The Morgan fingerprint density at radius 1 is 1.05 bits per heavy atom. The Morgan fingerprint density at radius 3 is 2.68 bits per heavy atom. The Balaban J connectivity index is 1.83. The Bertz CT molecular complexity index is 759. The molecule has 5 nitrogen and oxygen atoms in total. The van der Waals surface area contributed by atoms with Crippen molar-refractivity contribution >= 4 is 11.6 Å². The fraction of sp³-hybridized carbons (Fsp3) is 0.235. The molecule has 0 bridgehead atoms. The number of nitrogens with one attached hydrogen (secondary N) is 2. The van der Waals surface area contributed by atoms with Crippen molar-refractivity contribution in [2.45, 2.75) is 18.0 Å². The third-order valence-corrected chi connectivity index (χ3v) is 4.55. The highest BCUT2D eigenvalue weighted by Crippen LogP contribution is 2.46. The second-order valence-corrected chi connectivity index (χ2v) is 5.77. The van der Waals surface area contributed by atoms with Crippen molar-refractivity contribution in [1.29, 1.82) is 0 Å². The highest BCUT2D eigenvalue weighted by atomic mass is 16.3. The van der Waals surface area contributed by atoms with Gasteiger partial charge in [0.05, 0.1) is 18.7 Å². The van der Waals surface area contributed by atoms with Gasteiger partial charge in [0.25, 0.3) is 5.91 Å². The van der Waals surface area contributed by atoms with Gasteiger partial charge in [-0.25, -0.2) is 0 Å². The monoisotopic (exact) mass is 296 g/mol. The normalized spacial score (nSPS) is 25.3. The number of aliphatic hydroxyl groups is 1. The minimum atomic E-state index is -0.261. The number of hydrogen-bond donors (Lipinski definition) is 4. The molecule has 4 N–H and O–H groups in total. The van der Waals surface area contributed by atoms with Crippen molar-refractivity contribution < 1.29 is 15.0 Å². The van der Waals surface area contributed by atoms with Gasteiger partial charge in [0, 0.05) is 17.2 Å². The number of phenolic OH excluding ortho intramolecular Hbond substituents is 1. The molecular formula is C17H16N2O3. The molecule has 22 heavy (non-hydrogen) atoms. The van der Waals surface area contributed by atoms with Crippen LogP contribution in [0.5, 0.6) is 5.75 Å². The number of carbonyl (C=O) groups is 1. The number of rotatable bonds is 2. The van der Waals surface area contributed by atoms with Crippen LogP contribution in [0.4, 0.5) is 5.69 Å². The van der Waals surface area contributed by atoms with Crippen LogP contribution >= 0.6 is 0 Å². The summed E-state index contributed by atoms with van der Waals surface area (Å²) < 4.78 is 0. The molecule has 0 aliphatic carbocycles. The molecule has 2 heterocycles. The molecule has 2 aliphatic rings. The number of fused-ring (bicyclic) bond motifs is 2. The van der Waals surface area contributed by atoms with E-state index in [1.54, 1.807) is 12.1 Å². The first-order valence-corrected chi connectivity index (χ1v) is 7.29. The third kappa shape index (κ3) is 1.79. The summed E-state index contributed by atoms with van der Waals surface area (Å²) in [6.07, 6.45) is 0.